The number of hydrogen-bond donors (Lipinski definition) is 1. The van der Waals surface area contributed by atoms with E-state index in [0.717, 1.165) is 35.2 Å². The lowest BCUT2D eigenvalue weighted by Gasteiger charge is -2.22. The van der Waals surface area contributed by atoms with Crippen LogP contribution in [0.2, 0.25) is 0 Å². The third kappa shape index (κ3) is 3.64. The number of nitrogens with one attached hydrogen (secondary N) is 1. The second-order valence-electron chi connectivity index (χ2n) is 7.64. The summed E-state index contributed by atoms with van der Waals surface area (Å²) in [6, 6.07) is 12.9. The van der Waals surface area contributed by atoms with Gasteiger partial charge in [0, 0.05) is 24.2 Å². The number of amides is 1. The highest BCUT2D eigenvalue weighted by atomic mass is 32.2. The predicted octanol–water partition coefficient (Wildman–Crippen LogP) is 3.16. The highest BCUT2D eigenvalue weighted by molar-refractivity contribution is 7.89. The van der Waals surface area contributed by atoms with Crippen molar-refractivity contribution in [3.63, 3.8) is 0 Å². The summed E-state index contributed by atoms with van der Waals surface area (Å²) in [7, 11) is -3.60. The van der Waals surface area contributed by atoms with Gasteiger partial charge in [0.2, 0.25) is 15.9 Å². The molecule has 27 heavy (non-hydrogen) atoms. The van der Waals surface area contributed by atoms with Crippen molar-refractivity contribution < 1.29 is 13.2 Å². The number of fused-ring (bicyclic) bond motifs is 1. The maximum absolute atomic E-state index is 12.7. The molecule has 0 radical (unpaired) electrons. The minimum Gasteiger partial charge on any atom is -0.309 e. The third-order valence-corrected chi connectivity index (χ3v) is 6.73. The molecule has 1 unspecified atom stereocenters. The van der Waals surface area contributed by atoms with E-state index in [9.17, 15) is 13.2 Å². The van der Waals surface area contributed by atoms with Crippen LogP contribution in [0.1, 0.15) is 36.5 Å². The van der Waals surface area contributed by atoms with Crippen LogP contribution in [0.4, 0.5) is 5.69 Å². The molecule has 1 aliphatic heterocycles. The fourth-order valence-corrected chi connectivity index (χ4v) is 4.67. The van der Waals surface area contributed by atoms with Crippen LogP contribution < -0.4 is 9.62 Å². The van der Waals surface area contributed by atoms with Gasteiger partial charge in [-0.05, 0) is 62.4 Å². The molecular formula is C21H24N2O3S. The Morgan fingerprint density at radius 2 is 1.85 bits per heavy atom. The molecule has 2 aromatic carbocycles. The number of anilines is 1. The number of hydrogen-bond acceptors (Lipinski definition) is 3. The van der Waals surface area contributed by atoms with Crippen LogP contribution in [-0.4, -0.2) is 20.4 Å². The Balaban J connectivity index is 1.53. The van der Waals surface area contributed by atoms with Gasteiger partial charge in [0.1, 0.15) is 0 Å². The number of carbonyl (C=O) groups is 1. The van der Waals surface area contributed by atoms with Gasteiger partial charge in [0.25, 0.3) is 0 Å². The van der Waals surface area contributed by atoms with Crippen molar-refractivity contribution in [3.8, 4) is 0 Å². The molecule has 5 nitrogen and oxygen atoms in total. The van der Waals surface area contributed by atoms with E-state index in [1.54, 1.807) is 18.2 Å². The SMILES string of the molecule is Cc1ccc(CNS(=O)(=O)c2ccc3c(c2)CC(C)N3C(=O)C2CC2)cc1. The summed E-state index contributed by atoms with van der Waals surface area (Å²) in [4.78, 5) is 14.6. The van der Waals surface area contributed by atoms with E-state index in [2.05, 4.69) is 4.72 Å². The van der Waals surface area contributed by atoms with Gasteiger partial charge in [-0.15, -0.1) is 0 Å². The van der Waals surface area contributed by atoms with Crippen LogP contribution in [-0.2, 0) is 27.8 Å². The van der Waals surface area contributed by atoms with Crippen LogP contribution in [0.5, 0.6) is 0 Å². The van der Waals surface area contributed by atoms with Crippen LogP contribution in [0, 0.1) is 12.8 Å². The Morgan fingerprint density at radius 1 is 1.15 bits per heavy atom. The van der Waals surface area contributed by atoms with Crippen molar-refractivity contribution in [2.24, 2.45) is 5.92 Å². The summed E-state index contributed by atoms with van der Waals surface area (Å²) in [5.74, 6) is 0.326. The summed E-state index contributed by atoms with van der Waals surface area (Å²) in [6.45, 7) is 4.27. The quantitative estimate of drug-likeness (QED) is 0.861. The van der Waals surface area contributed by atoms with Gasteiger partial charge in [-0.1, -0.05) is 29.8 Å². The zero-order valence-electron chi connectivity index (χ0n) is 15.6. The molecule has 2 aromatic rings. The van der Waals surface area contributed by atoms with E-state index in [-0.39, 0.29) is 29.3 Å². The molecule has 1 amide bonds. The average molecular weight is 385 g/mol. The summed E-state index contributed by atoms with van der Waals surface area (Å²) >= 11 is 0. The Bertz CT molecular complexity index is 979. The van der Waals surface area contributed by atoms with Crippen molar-refractivity contribution in [2.45, 2.75) is 50.6 Å². The maximum atomic E-state index is 12.7. The molecule has 0 aromatic heterocycles. The number of rotatable bonds is 5. The molecule has 6 heteroatoms. The minimum absolute atomic E-state index is 0.0755. The number of benzene rings is 2. The lowest BCUT2D eigenvalue weighted by molar-refractivity contribution is -0.120. The van der Waals surface area contributed by atoms with Crippen molar-refractivity contribution in [1.82, 2.24) is 4.72 Å². The van der Waals surface area contributed by atoms with E-state index in [1.165, 1.54) is 0 Å². The smallest absolute Gasteiger partial charge is 0.240 e. The fraction of sp³-hybridized carbons (Fsp3) is 0.381. The molecule has 0 saturated heterocycles. The molecule has 1 fully saturated rings. The largest absolute Gasteiger partial charge is 0.309 e. The van der Waals surface area contributed by atoms with Crippen molar-refractivity contribution in [3.05, 3.63) is 59.2 Å². The third-order valence-electron chi connectivity index (χ3n) is 5.33. The molecule has 0 bridgehead atoms. The van der Waals surface area contributed by atoms with E-state index >= 15 is 0 Å². The van der Waals surface area contributed by atoms with Crippen molar-refractivity contribution >= 4 is 21.6 Å². The summed E-state index contributed by atoms with van der Waals surface area (Å²) < 4.78 is 28.1. The summed E-state index contributed by atoms with van der Waals surface area (Å²) in [6.07, 6.45) is 2.62. The average Bonchev–Trinajstić information content (AvgIpc) is 3.43. The van der Waals surface area contributed by atoms with Gasteiger partial charge >= 0.3 is 0 Å². The molecule has 0 spiro atoms. The van der Waals surface area contributed by atoms with Crippen LogP contribution in [0.3, 0.4) is 0 Å². The standard InChI is InChI=1S/C21H24N2O3S/c1-14-3-5-16(6-4-14)13-22-27(25,26)19-9-10-20-18(12-19)11-15(2)23(20)21(24)17-7-8-17/h3-6,9-10,12,15,17,22H,7-8,11,13H2,1-2H3. The zero-order valence-corrected chi connectivity index (χ0v) is 16.4. The van der Waals surface area contributed by atoms with Gasteiger partial charge < -0.3 is 4.90 Å². The topological polar surface area (TPSA) is 66.5 Å². The van der Waals surface area contributed by atoms with E-state index in [0.29, 0.717) is 6.42 Å². The predicted molar refractivity (Wildman–Crippen MR) is 105 cm³/mol. The number of carbonyl (C=O) groups excluding carboxylic acids is 1. The first kappa shape index (κ1) is 18.2. The fourth-order valence-electron chi connectivity index (χ4n) is 3.61. The molecule has 1 N–H and O–H groups in total. The molecule has 142 valence electrons. The van der Waals surface area contributed by atoms with Gasteiger partial charge in [0.15, 0.2) is 0 Å². The molecule has 1 heterocycles. The van der Waals surface area contributed by atoms with Crippen LogP contribution in [0.25, 0.3) is 0 Å². The van der Waals surface area contributed by atoms with Crippen molar-refractivity contribution in [2.75, 3.05) is 4.90 Å². The Kier molecular flexibility index (Phi) is 4.56. The van der Waals surface area contributed by atoms with Crippen molar-refractivity contribution in [1.29, 1.82) is 0 Å². The van der Waals surface area contributed by atoms with E-state index in [4.69, 9.17) is 0 Å². The zero-order chi connectivity index (χ0) is 19.2. The number of aryl methyl sites for hydroxylation is 1. The molecule has 4 rings (SSSR count). The first-order chi connectivity index (χ1) is 12.8. The van der Waals surface area contributed by atoms with Gasteiger partial charge in [-0.2, -0.15) is 0 Å². The lowest BCUT2D eigenvalue weighted by atomic mass is 10.1. The van der Waals surface area contributed by atoms with E-state index < -0.39 is 10.0 Å². The highest BCUT2D eigenvalue weighted by Gasteiger charge is 2.39. The van der Waals surface area contributed by atoms with Gasteiger partial charge in [-0.25, -0.2) is 13.1 Å². The Hall–Kier alpha value is -2.18. The van der Waals surface area contributed by atoms with Gasteiger partial charge in [-0.3, -0.25) is 4.79 Å². The first-order valence-electron chi connectivity index (χ1n) is 9.36. The molecular weight excluding hydrogens is 360 g/mol. The number of nitrogens with zero attached hydrogens (tertiary/aromatic N) is 1. The van der Waals surface area contributed by atoms with Crippen LogP contribution in [0.15, 0.2) is 47.4 Å². The molecule has 1 saturated carbocycles. The summed E-state index contributed by atoms with van der Waals surface area (Å²) in [5, 5.41) is 0. The second kappa shape index (κ2) is 6.77. The molecule has 1 aliphatic carbocycles. The molecule has 1 atom stereocenters. The summed E-state index contributed by atoms with van der Waals surface area (Å²) in [5.41, 5.74) is 3.84. The molecule has 2 aliphatic rings. The number of sulfonamides is 1. The maximum Gasteiger partial charge on any atom is 0.240 e. The van der Waals surface area contributed by atoms with E-state index in [1.807, 2.05) is 43.0 Å². The van der Waals surface area contributed by atoms with Crippen LogP contribution >= 0.6 is 0 Å². The lowest BCUT2D eigenvalue weighted by Crippen LogP contribution is -2.36. The highest BCUT2D eigenvalue weighted by Crippen LogP contribution is 2.39. The normalized spacial score (nSPS) is 19.2. The Morgan fingerprint density at radius 3 is 2.52 bits per heavy atom. The second-order valence-corrected chi connectivity index (χ2v) is 9.40. The minimum atomic E-state index is -3.60. The Labute approximate surface area is 160 Å². The van der Waals surface area contributed by atoms with Gasteiger partial charge in [0.05, 0.1) is 4.90 Å². The monoisotopic (exact) mass is 384 g/mol. The first-order valence-corrected chi connectivity index (χ1v) is 10.8.